The Bertz CT molecular complexity index is 499. The monoisotopic (exact) mass is 289 g/mol. The number of anilines is 1. The number of ether oxygens (including phenoxy) is 1. The van der Waals surface area contributed by atoms with Crippen molar-refractivity contribution in [1.29, 1.82) is 0 Å². The van der Waals surface area contributed by atoms with Crippen molar-refractivity contribution < 1.29 is 22.7 Å². The number of alkyl halides is 3. The molecule has 1 saturated heterocycles. The highest BCUT2D eigenvalue weighted by molar-refractivity contribution is 6.00. The van der Waals surface area contributed by atoms with Crippen LogP contribution in [0, 0.1) is 0 Å². The molecule has 20 heavy (non-hydrogen) atoms. The minimum atomic E-state index is -4.59. The molecule has 1 heterocycles. The SMILES string of the molecule is NNc1c(C(=O)NC2CCOC2)cccc1C(F)(F)F. The normalized spacial score (nSPS) is 18.9. The summed E-state index contributed by atoms with van der Waals surface area (Å²) in [6.07, 6.45) is -3.95. The minimum absolute atomic E-state index is 0.144. The van der Waals surface area contributed by atoms with Crippen LogP contribution >= 0.6 is 0 Å². The van der Waals surface area contributed by atoms with Gasteiger partial charge >= 0.3 is 6.18 Å². The van der Waals surface area contributed by atoms with Crippen LogP contribution in [0.2, 0.25) is 0 Å². The second-order valence-corrected chi connectivity index (χ2v) is 4.40. The molecule has 8 heteroatoms. The van der Waals surface area contributed by atoms with Crippen LogP contribution in [0.4, 0.5) is 18.9 Å². The van der Waals surface area contributed by atoms with Gasteiger partial charge in [-0.25, -0.2) is 0 Å². The van der Waals surface area contributed by atoms with Gasteiger partial charge in [0.1, 0.15) is 0 Å². The van der Waals surface area contributed by atoms with Gasteiger partial charge < -0.3 is 15.5 Å². The molecule has 1 atom stereocenters. The highest BCUT2D eigenvalue weighted by Gasteiger charge is 2.35. The Balaban J connectivity index is 2.28. The smallest absolute Gasteiger partial charge is 0.379 e. The van der Waals surface area contributed by atoms with Gasteiger partial charge in [0.2, 0.25) is 0 Å². The molecule has 1 fully saturated rings. The molecule has 5 nitrogen and oxygen atoms in total. The molecule has 0 saturated carbocycles. The van der Waals surface area contributed by atoms with Gasteiger partial charge in [0.05, 0.1) is 29.5 Å². The van der Waals surface area contributed by atoms with Crippen molar-refractivity contribution in [2.45, 2.75) is 18.6 Å². The second kappa shape index (κ2) is 5.68. The molecule has 1 unspecified atom stereocenters. The molecule has 0 spiro atoms. The lowest BCUT2D eigenvalue weighted by atomic mass is 10.1. The average molecular weight is 289 g/mol. The number of amides is 1. The Morgan fingerprint density at radius 3 is 2.70 bits per heavy atom. The van der Waals surface area contributed by atoms with E-state index in [1.807, 2.05) is 5.43 Å². The third-order valence-electron chi connectivity index (χ3n) is 3.02. The summed E-state index contributed by atoms with van der Waals surface area (Å²) < 4.78 is 43.6. The van der Waals surface area contributed by atoms with Crippen LogP contribution in [0.1, 0.15) is 22.3 Å². The number of rotatable bonds is 3. The minimum Gasteiger partial charge on any atom is -0.379 e. The van der Waals surface area contributed by atoms with Gasteiger partial charge in [-0.05, 0) is 18.6 Å². The molecular weight excluding hydrogens is 275 g/mol. The fourth-order valence-electron chi connectivity index (χ4n) is 2.04. The molecule has 4 N–H and O–H groups in total. The van der Waals surface area contributed by atoms with E-state index in [1.54, 1.807) is 0 Å². The van der Waals surface area contributed by atoms with Crippen LogP contribution in [0.5, 0.6) is 0 Å². The van der Waals surface area contributed by atoms with Gasteiger partial charge in [-0.3, -0.25) is 10.6 Å². The van der Waals surface area contributed by atoms with E-state index in [2.05, 4.69) is 5.32 Å². The summed E-state index contributed by atoms with van der Waals surface area (Å²) in [5, 5.41) is 2.62. The second-order valence-electron chi connectivity index (χ2n) is 4.40. The first-order chi connectivity index (χ1) is 9.43. The van der Waals surface area contributed by atoms with Gasteiger partial charge in [-0.2, -0.15) is 13.2 Å². The van der Waals surface area contributed by atoms with Crippen LogP contribution in [0.3, 0.4) is 0 Å². The van der Waals surface area contributed by atoms with Crippen molar-refractivity contribution in [3.63, 3.8) is 0 Å². The van der Waals surface area contributed by atoms with Crippen LogP contribution < -0.4 is 16.6 Å². The van der Waals surface area contributed by atoms with Crippen LogP contribution in [0.15, 0.2) is 18.2 Å². The third-order valence-corrected chi connectivity index (χ3v) is 3.02. The Morgan fingerprint density at radius 2 is 2.15 bits per heavy atom. The molecule has 0 radical (unpaired) electrons. The number of carbonyl (C=O) groups excluding carboxylic acids is 1. The van der Waals surface area contributed by atoms with Crippen molar-refractivity contribution in [2.24, 2.45) is 5.84 Å². The summed E-state index contributed by atoms with van der Waals surface area (Å²) in [6.45, 7) is 0.881. The number of nitrogens with two attached hydrogens (primary N) is 1. The molecule has 1 aromatic carbocycles. The standard InChI is InChI=1S/C12H14F3N3O2/c13-12(14,15)9-3-1-2-8(10(9)18-16)11(19)17-7-4-5-20-6-7/h1-3,7,18H,4-6,16H2,(H,17,19). The summed E-state index contributed by atoms with van der Waals surface area (Å²) in [7, 11) is 0. The fraction of sp³-hybridized carbons (Fsp3) is 0.417. The maximum Gasteiger partial charge on any atom is 0.418 e. The molecule has 1 aliphatic rings. The Kier molecular flexibility index (Phi) is 4.15. The number of hydrogen-bond donors (Lipinski definition) is 3. The molecule has 1 amide bonds. The zero-order valence-electron chi connectivity index (χ0n) is 10.5. The molecule has 2 rings (SSSR count). The lowest BCUT2D eigenvalue weighted by Gasteiger charge is -2.17. The quantitative estimate of drug-likeness (QED) is 0.582. The van der Waals surface area contributed by atoms with Gasteiger partial charge in [0.25, 0.3) is 5.91 Å². The van der Waals surface area contributed by atoms with E-state index in [-0.39, 0.29) is 11.6 Å². The number of halogens is 3. The number of benzene rings is 1. The van der Waals surface area contributed by atoms with E-state index < -0.39 is 23.3 Å². The maximum absolute atomic E-state index is 12.8. The number of carbonyl (C=O) groups is 1. The van der Waals surface area contributed by atoms with Gasteiger partial charge in [0.15, 0.2) is 0 Å². The number of hydrogen-bond acceptors (Lipinski definition) is 4. The van der Waals surface area contributed by atoms with Crippen molar-refractivity contribution in [2.75, 3.05) is 18.6 Å². The summed E-state index contributed by atoms with van der Waals surface area (Å²) in [6, 6.07) is 3.13. The maximum atomic E-state index is 12.8. The third kappa shape index (κ3) is 3.02. The summed E-state index contributed by atoms with van der Waals surface area (Å²) >= 11 is 0. The zero-order chi connectivity index (χ0) is 14.8. The van der Waals surface area contributed by atoms with E-state index in [1.165, 1.54) is 12.1 Å². The number of nitrogen functional groups attached to an aromatic ring is 1. The largest absolute Gasteiger partial charge is 0.418 e. The van der Waals surface area contributed by atoms with Crippen LogP contribution in [-0.2, 0) is 10.9 Å². The molecule has 0 aromatic heterocycles. The van der Waals surface area contributed by atoms with E-state index in [4.69, 9.17) is 10.6 Å². The van der Waals surface area contributed by atoms with Crippen molar-refractivity contribution in [1.82, 2.24) is 5.32 Å². The fourth-order valence-corrected chi connectivity index (χ4v) is 2.04. The van der Waals surface area contributed by atoms with Gasteiger partial charge in [-0.1, -0.05) is 6.07 Å². The van der Waals surface area contributed by atoms with E-state index in [0.29, 0.717) is 19.6 Å². The van der Waals surface area contributed by atoms with Crippen LogP contribution in [0.25, 0.3) is 0 Å². The highest BCUT2D eigenvalue weighted by Crippen LogP contribution is 2.36. The Hall–Kier alpha value is -1.80. The van der Waals surface area contributed by atoms with E-state index in [9.17, 15) is 18.0 Å². The molecular formula is C12H14F3N3O2. The van der Waals surface area contributed by atoms with Crippen molar-refractivity contribution in [3.8, 4) is 0 Å². The van der Waals surface area contributed by atoms with Crippen LogP contribution in [-0.4, -0.2) is 25.2 Å². The zero-order valence-corrected chi connectivity index (χ0v) is 10.5. The molecule has 0 bridgehead atoms. The van der Waals surface area contributed by atoms with E-state index >= 15 is 0 Å². The van der Waals surface area contributed by atoms with Crippen molar-refractivity contribution >= 4 is 11.6 Å². The predicted molar refractivity (Wildman–Crippen MR) is 65.9 cm³/mol. The summed E-state index contributed by atoms with van der Waals surface area (Å²) in [5.41, 5.74) is 0.410. The van der Waals surface area contributed by atoms with E-state index in [0.717, 1.165) is 6.07 Å². The molecule has 0 aliphatic carbocycles. The Morgan fingerprint density at radius 1 is 1.40 bits per heavy atom. The number of hydrazine groups is 1. The van der Waals surface area contributed by atoms with Gasteiger partial charge in [-0.15, -0.1) is 0 Å². The summed E-state index contributed by atoms with van der Waals surface area (Å²) in [5.74, 6) is 4.53. The summed E-state index contributed by atoms with van der Waals surface area (Å²) in [4.78, 5) is 12.0. The van der Waals surface area contributed by atoms with Gasteiger partial charge in [0, 0.05) is 6.61 Å². The first kappa shape index (κ1) is 14.6. The number of para-hydroxylation sites is 1. The van der Waals surface area contributed by atoms with Crippen molar-refractivity contribution in [3.05, 3.63) is 29.3 Å². The average Bonchev–Trinajstić information content (AvgIpc) is 2.89. The Labute approximate surface area is 113 Å². The first-order valence-electron chi connectivity index (χ1n) is 5.99. The number of nitrogens with one attached hydrogen (secondary N) is 2. The lowest BCUT2D eigenvalue weighted by molar-refractivity contribution is -0.137. The first-order valence-corrected chi connectivity index (χ1v) is 5.99. The molecule has 1 aromatic rings. The lowest BCUT2D eigenvalue weighted by Crippen LogP contribution is -2.36. The highest BCUT2D eigenvalue weighted by atomic mass is 19.4. The predicted octanol–water partition coefficient (Wildman–Crippen LogP) is 1.51. The topological polar surface area (TPSA) is 76.4 Å². The molecule has 1 aliphatic heterocycles. The molecule has 110 valence electrons.